The van der Waals surface area contributed by atoms with E-state index in [1.807, 2.05) is 43.3 Å². The van der Waals surface area contributed by atoms with E-state index in [0.717, 1.165) is 17.7 Å². The number of Topliss-reactive ketones (excluding diaryl/α,β-unsaturated/α-hetero) is 1. The fourth-order valence-electron chi connectivity index (χ4n) is 3.69. The van der Waals surface area contributed by atoms with Crippen LogP contribution < -0.4 is 5.32 Å². The van der Waals surface area contributed by atoms with Gasteiger partial charge in [0.05, 0.1) is 18.1 Å². The molecule has 0 aromatic heterocycles. The van der Waals surface area contributed by atoms with Crippen molar-refractivity contribution in [1.82, 2.24) is 5.32 Å². The van der Waals surface area contributed by atoms with Crippen LogP contribution in [0.15, 0.2) is 60.7 Å². The molecule has 0 radical (unpaired) electrons. The SMILES string of the molecule is CCC(=O)C(Cc1ccccc1)(c1ccccc1)C1CNCCO1. The maximum absolute atomic E-state index is 13.2. The van der Waals surface area contributed by atoms with Crippen LogP contribution in [0.1, 0.15) is 24.5 Å². The van der Waals surface area contributed by atoms with Gasteiger partial charge in [-0.2, -0.15) is 0 Å². The Bertz CT molecular complexity index is 650. The van der Waals surface area contributed by atoms with Crippen LogP contribution >= 0.6 is 0 Å². The van der Waals surface area contributed by atoms with Gasteiger partial charge in [-0.3, -0.25) is 4.79 Å². The fourth-order valence-corrected chi connectivity index (χ4v) is 3.69. The third kappa shape index (κ3) is 3.28. The summed E-state index contributed by atoms with van der Waals surface area (Å²) in [4.78, 5) is 13.2. The van der Waals surface area contributed by atoms with Crippen LogP contribution in [-0.2, 0) is 21.4 Å². The fraction of sp³-hybridized carbons (Fsp3) is 0.381. The molecule has 1 N–H and O–H groups in total. The van der Waals surface area contributed by atoms with Crippen LogP contribution in [-0.4, -0.2) is 31.6 Å². The first kappa shape index (κ1) is 16.9. The predicted molar refractivity (Wildman–Crippen MR) is 96.2 cm³/mol. The lowest BCUT2D eigenvalue weighted by Gasteiger charge is -2.42. The molecule has 1 fully saturated rings. The van der Waals surface area contributed by atoms with Gasteiger partial charge in [0.2, 0.25) is 0 Å². The highest BCUT2D eigenvalue weighted by Gasteiger charge is 2.47. The minimum atomic E-state index is -0.648. The molecule has 2 aromatic rings. The van der Waals surface area contributed by atoms with Crippen molar-refractivity contribution in [1.29, 1.82) is 0 Å². The van der Waals surface area contributed by atoms with Gasteiger partial charge in [0.15, 0.2) is 0 Å². The quantitative estimate of drug-likeness (QED) is 0.887. The van der Waals surface area contributed by atoms with Gasteiger partial charge >= 0.3 is 0 Å². The second-order valence-electron chi connectivity index (χ2n) is 6.34. The van der Waals surface area contributed by atoms with Crippen LogP contribution in [0, 0.1) is 0 Å². The Balaban J connectivity index is 2.10. The maximum Gasteiger partial charge on any atom is 0.146 e. The van der Waals surface area contributed by atoms with Crippen molar-refractivity contribution in [2.24, 2.45) is 0 Å². The number of benzene rings is 2. The number of carbonyl (C=O) groups excluding carboxylic acids is 1. The van der Waals surface area contributed by atoms with Crippen LogP contribution in [0.4, 0.5) is 0 Å². The van der Waals surface area contributed by atoms with Crippen molar-refractivity contribution in [3.05, 3.63) is 71.8 Å². The molecule has 126 valence electrons. The summed E-state index contributed by atoms with van der Waals surface area (Å²) in [6, 6.07) is 20.4. The van der Waals surface area contributed by atoms with Crippen molar-refractivity contribution in [2.45, 2.75) is 31.3 Å². The average Bonchev–Trinajstić information content (AvgIpc) is 2.67. The summed E-state index contributed by atoms with van der Waals surface area (Å²) in [5.41, 5.74) is 1.57. The number of carbonyl (C=O) groups is 1. The third-order valence-corrected chi connectivity index (χ3v) is 4.91. The molecule has 1 aliphatic heterocycles. The van der Waals surface area contributed by atoms with E-state index in [2.05, 4.69) is 29.6 Å². The minimum Gasteiger partial charge on any atom is -0.374 e. The highest BCUT2D eigenvalue weighted by molar-refractivity contribution is 5.91. The molecule has 0 amide bonds. The summed E-state index contributed by atoms with van der Waals surface area (Å²) in [6.07, 6.45) is 1.01. The zero-order chi connectivity index (χ0) is 16.8. The number of hydrogen-bond acceptors (Lipinski definition) is 3. The van der Waals surface area contributed by atoms with Gasteiger partial charge in [-0.1, -0.05) is 67.6 Å². The molecule has 1 saturated heterocycles. The highest BCUT2D eigenvalue weighted by atomic mass is 16.5. The monoisotopic (exact) mass is 323 g/mol. The van der Waals surface area contributed by atoms with Gasteiger partial charge in [-0.15, -0.1) is 0 Å². The van der Waals surface area contributed by atoms with E-state index in [4.69, 9.17) is 4.74 Å². The molecule has 0 saturated carbocycles. The summed E-state index contributed by atoms with van der Waals surface area (Å²) >= 11 is 0. The molecule has 2 atom stereocenters. The number of ether oxygens (including phenoxy) is 1. The Morgan fingerprint density at radius 3 is 2.38 bits per heavy atom. The molecular formula is C21H25NO2. The van der Waals surface area contributed by atoms with Crippen LogP contribution in [0.3, 0.4) is 0 Å². The Morgan fingerprint density at radius 1 is 1.12 bits per heavy atom. The summed E-state index contributed by atoms with van der Waals surface area (Å²) in [7, 11) is 0. The van der Waals surface area contributed by atoms with Gasteiger partial charge in [0, 0.05) is 19.5 Å². The Hall–Kier alpha value is -1.97. The molecule has 3 nitrogen and oxygen atoms in total. The Kier molecular flexibility index (Phi) is 5.44. The molecule has 2 aromatic carbocycles. The predicted octanol–water partition coefficient (Wildman–Crippen LogP) is 3.13. The van der Waals surface area contributed by atoms with Crippen LogP contribution in [0.5, 0.6) is 0 Å². The number of morpholine rings is 1. The lowest BCUT2D eigenvalue weighted by molar-refractivity contribution is -0.132. The van der Waals surface area contributed by atoms with Crippen molar-refractivity contribution in [3.8, 4) is 0 Å². The van der Waals surface area contributed by atoms with E-state index < -0.39 is 5.41 Å². The molecular weight excluding hydrogens is 298 g/mol. The molecule has 3 rings (SSSR count). The second kappa shape index (κ2) is 7.73. The van der Waals surface area contributed by atoms with E-state index in [0.29, 0.717) is 26.0 Å². The number of nitrogens with one attached hydrogen (secondary N) is 1. The topological polar surface area (TPSA) is 38.3 Å². The smallest absolute Gasteiger partial charge is 0.146 e. The molecule has 2 unspecified atom stereocenters. The molecule has 24 heavy (non-hydrogen) atoms. The first-order chi connectivity index (χ1) is 11.8. The largest absolute Gasteiger partial charge is 0.374 e. The van der Waals surface area contributed by atoms with Crippen LogP contribution in [0.25, 0.3) is 0 Å². The van der Waals surface area contributed by atoms with E-state index >= 15 is 0 Å². The summed E-state index contributed by atoms with van der Waals surface area (Å²) in [5.74, 6) is 0.242. The Morgan fingerprint density at radius 2 is 1.79 bits per heavy atom. The summed E-state index contributed by atoms with van der Waals surface area (Å²) in [6.45, 7) is 4.13. The number of ketones is 1. The van der Waals surface area contributed by atoms with Gasteiger partial charge in [-0.05, 0) is 17.5 Å². The lowest BCUT2D eigenvalue weighted by Crippen LogP contribution is -2.56. The average molecular weight is 323 g/mol. The number of hydrogen-bond donors (Lipinski definition) is 1. The molecule has 1 aliphatic rings. The van der Waals surface area contributed by atoms with Gasteiger partial charge < -0.3 is 10.1 Å². The van der Waals surface area contributed by atoms with Crippen molar-refractivity contribution in [3.63, 3.8) is 0 Å². The molecule has 1 heterocycles. The Labute approximate surface area is 144 Å². The molecule has 0 spiro atoms. The zero-order valence-electron chi connectivity index (χ0n) is 14.2. The van der Waals surface area contributed by atoms with Crippen LogP contribution in [0.2, 0.25) is 0 Å². The molecule has 0 bridgehead atoms. The summed E-state index contributed by atoms with van der Waals surface area (Å²) in [5, 5.41) is 3.40. The van der Waals surface area contributed by atoms with Crippen molar-refractivity contribution in [2.75, 3.05) is 19.7 Å². The standard InChI is InChI=1S/C21H25NO2/c1-2-19(23)21(18-11-7-4-8-12-18,20-16-22-13-14-24-20)15-17-9-5-3-6-10-17/h3-12,20,22H,2,13-16H2,1H3. The maximum atomic E-state index is 13.2. The number of rotatable bonds is 6. The van der Waals surface area contributed by atoms with Gasteiger partial charge in [0.1, 0.15) is 5.78 Å². The normalized spacial score (nSPS) is 20.3. The second-order valence-corrected chi connectivity index (χ2v) is 6.34. The molecule has 3 heteroatoms. The van der Waals surface area contributed by atoms with E-state index in [-0.39, 0.29) is 11.9 Å². The summed E-state index contributed by atoms with van der Waals surface area (Å²) < 4.78 is 6.11. The van der Waals surface area contributed by atoms with Gasteiger partial charge in [-0.25, -0.2) is 0 Å². The van der Waals surface area contributed by atoms with Crippen molar-refractivity contribution < 1.29 is 9.53 Å². The van der Waals surface area contributed by atoms with Crippen molar-refractivity contribution >= 4 is 5.78 Å². The van der Waals surface area contributed by atoms with E-state index in [1.54, 1.807) is 0 Å². The first-order valence-electron chi connectivity index (χ1n) is 8.72. The lowest BCUT2D eigenvalue weighted by atomic mass is 9.67. The van der Waals surface area contributed by atoms with E-state index in [9.17, 15) is 4.79 Å². The van der Waals surface area contributed by atoms with E-state index in [1.165, 1.54) is 0 Å². The first-order valence-corrected chi connectivity index (χ1v) is 8.72. The third-order valence-electron chi connectivity index (χ3n) is 4.91. The zero-order valence-corrected chi connectivity index (χ0v) is 14.2. The molecule has 0 aliphatic carbocycles. The van der Waals surface area contributed by atoms with Gasteiger partial charge in [0.25, 0.3) is 0 Å². The highest BCUT2D eigenvalue weighted by Crippen LogP contribution is 2.36. The minimum absolute atomic E-state index is 0.152.